The molecule has 3 aliphatic heterocycles. The van der Waals surface area contributed by atoms with Crippen LogP contribution < -0.4 is 16.4 Å². The molecule has 0 saturated carbocycles. The fourth-order valence-electron chi connectivity index (χ4n) is 19.5. The predicted octanol–water partition coefficient (Wildman–Crippen LogP) is 27.9. The van der Waals surface area contributed by atoms with Crippen molar-refractivity contribution in [3.8, 4) is 78.7 Å². The quantitative estimate of drug-likeness (QED) is 0.0970. The van der Waals surface area contributed by atoms with Crippen molar-refractivity contribution in [2.45, 2.75) is 117 Å². The van der Waals surface area contributed by atoms with E-state index in [4.69, 9.17) is 42.9 Å². The van der Waals surface area contributed by atoms with Crippen LogP contribution in [-0.4, -0.2) is 74.9 Å². The first kappa shape index (κ1) is 82.8. The van der Waals surface area contributed by atoms with E-state index in [-0.39, 0.29) is 11.2 Å². The van der Waals surface area contributed by atoms with Gasteiger partial charge in [-0.15, -0.1) is 0 Å². The largest absolute Gasteiger partial charge is 0.495 e. The summed E-state index contributed by atoms with van der Waals surface area (Å²) in [5.74, 6) is 1.94. The molecule has 0 N–H and O–H groups in total. The lowest BCUT2D eigenvalue weighted by Gasteiger charge is -2.32. The molecule has 0 aliphatic carbocycles. The van der Waals surface area contributed by atoms with E-state index < -0.39 is 43.8 Å². The minimum absolute atomic E-state index is 0.382. The molecule has 13 heteroatoms. The summed E-state index contributed by atoms with van der Waals surface area (Å²) in [5.41, 5.74) is 14.2. The summed E-state index contributed by atoms with van der Waals surface area (Å²) in [6.07, 6.45) is 1.86. The first-order chi connectivity index (χ1) is 63.4. The second-order valence-electron chi connectivity index (χ2n) is 38.1. The van der Waals surface area contributed by atoms with Gasteiger partial charge in [0.05, 0.1) is 39.1 Å². The van der Waals surface area contributed by atoms with Gasteiger partial charge in [-0.3, -0.25) is 4.98 Å². The van der Waals surface area contributed by atoms with Crippen LogP contribution in [0.3, 0.4) is 0 Å². The Morgan fingerprint density at radius 3 is 1.02 bits per heavy atom. The fraction of sp³-hybridized carbons (Fsp3) is 0.153. The van der Waals surface area contributed by atoms with Crippen molar-refractivity contribution in [1.29, 1.82) is 0 Å². The summed E-state index contributed by atoms with van der Waals surface area (Å²) in [5, 5.41) is 25.4. The van der Waals surface area contributed by atoms with E-state index in [0.29, 0.717) is 17.5 Å². The Kier molecular flexibility index (Phi) is 20.3. The SMILES string of the molecule is CC1(C)OB(c2cc3c4ccccc4c(-c4ccc(-c5cccc6cccnc56)cc4)cc3c3ccccc23)OC1(C)C.CC1(C)OB(c2ccc(-c3cc4c5ccccc5c(-c5nc(-c6ccccc6)nc(-c6ccccc6)n5)cc4c4ccccc34)cc2)OC1(C)C.CC1(C)OB(c2ccc(-c3cc4c5ccccc5ccc4c4ccccc34)c3ccccc23)OC1(C)C. The van der Waals surface area contributed by atoms with Crippen LogP contribution >= 0.6 is 0 Å². The van der Waals surface area contributed by atoms with Crippen molar-refractivity contribution in [1.82, 2.24) is 19.9 Å². The lowest BCUT2D eigenvalue weighted by molar-refractivity contribution is 0.00578. The lowest BCUT2D eigenvalue weighted by Crippen LogP contribution is -2.41. The van der Waals surface area contributed by atoms with Gasteiger partial charge in [-0.1, -0.05) is 334 Å². The Morgan fingerprint density at radius 2 is 0.519 bits per heavy atom. The number of benzene rings is 19. The van der Waals surface area contributed by atoms with Crippen LogP contribution in [-0.2, 0) is 27.9 Å². The Hall–Kier alpha value is -13.8. The zero-order chi connectivity index (χ0) is 89.5. The van der Waals surface area contributed by atoms with Gasteiger partial charge in [0.2, 0.25) is 0 Å². The molecule has 0 atom stereocenters. The molecule has 10 nitrogen and oxygen atoms in total. The number of rotatable bonds is 10. The van der Waals surface area contributed by atoms with E-state index in [0.717, 1.165) is 82.2 Å². The highest BCUT2D eigenvalue weighted by Crippen LogP contribution is 2.48. The monoisotopic (exact) mass is 1700 g/mol. The van der Waals surface area contributed by atoms with Gasteiger partial charge in [0, 0.05) is 33.8 Å². The molecule has 19 aromatic carbocycles. The normalized spacial score (nSPS) is 15.9. The highest BCUT2D eigenvalue weighted by atomic mass is 16.7. The standard InChI is InChI=1S/C45H36BN3O2.C39H32BNO2.C34H29BO2/c1-44(2)45(3,4)51-46(50-44)32-25-23-29(24-26-32)37-27-38-35-21-13-14-22-36(35)40(28-39(38)34-20-12-11-19-33(34)37)43-48-41(30-15-7-5-8-16-30)47-42(49-43)31-17-9-6-10-18-31;1-38(2)39(3,4)43-40(42-38)36-24-35-30-14-6-5-13-29(30)33(23-34(35)31-15-7-8-16-32(31)36)26-20-18-25(19-21-26)28-17-9-11-27-12-10-22-41-37(27)28;1-33(2)34(3,4)37-35(36-33)32-20-19-28(25-14-9-10-16-29(25)32)31-21-30-23-12-6-5-11-22(23)17-18-27(30)24-13-7-8-15-26(24)31/h5-28H,1-4H3;5-24H,1-4H3;5-21H,1-4H3. The second kappa shape index (κ2) is 32.1. The Morgan fingerprint density at radius 1 is 0.191 bits per heavy atom. The van der Waals surface area contributed by atoms with E-state index in [2.05, 4.69) is 385 Å². The maximum Gasteiger partial charge on any atom is 0.495 e. The molecule has 2 aromatic heterocycles. The number of para-hydroxylation sites is 1. The molecule has 0 amide bonds. The van der Waals surface area contributed by atoms with Gasteiger partial charge >= 0.3 is 21.4 Å². The zero-order valence-electron chi connectivity index (χ0n) is 75.7. The number of hydrogen-bond acceptors (Lipinski definition) is 10. The fourth-order valence-corrected chi connectivity index (χ4v) is 19.5. The minimum Gasteiger partial charge on any atom is -0.399 e. The molecular weight excluding hydrogens is 1600 g/mol. The van der Waals surface area contributed by atoms with E-state index >= 15 is 0 Å². The number of pyridine rings is 1. The molecule has 634 valence electrons. The molecule has 3 saturated heterocycles. The summed E-state index contributed by atoms with van der Waals surface area (Å²) in [6, 6.07) is 130. The second-order valence-corrected chi connectivity index (χ2v) is 38.1. The Labute approximate surface area is 764 Å². The van der Waals surface area contributed by atoms with Gasteiger partial charge in [0.15, 0.2) is 17.5 Å². The molecule has 131 heavy (non-hydrogen) atoms. The molecule has 0 bridgehead atoms. The molecule has 0 unspecified atom stereocenters. The summed E-state index contributed by atoms with van der Waals surface area (Å²) >= 11 is 0. The molecule has 0 spiro atoms. The minimum atomic E-state index is -0.436. The van der Waals surface area contributed by atoms with Gasteiger partial charge in [-0.05, 0) is 276 Å². The van der Waals surface area contributed by atoms with E-state index in [1.165, 1.54) is 114 Å². The lowest BCUT2D eigenvalue weighted by atomic mass is 9.74. The van der Waals surface area contributed by atoms with Gasteiger partial charge < -0.3 is 27.9 Å². The van der Waals surface area contributed by atoms with Crippen molar-refractivity contribution in [3.63, 3.8) is 0 Å². The molecule has 0 radical (unpaired) electrons. The molecular formula is C118H97B3N4O6. The smallest absolute Gasteiger partial charge is 0.399 e. The van der Waals surface area contributed by atoms with Crippen LogP contribution in [0.15, 0.2) is 370 Å². The third-order valence-electron chi connectivity index (χ3n) is 28.7. The van der Waals surface area contributed by atoms with Gasteiger partial charge in [0.1, 0.15) is 0 Å². The molecule has 21 aromatic rings. The number of aromatic nitrogens is 4. The maximum atomic E-state index is 6.56. The average Bonchev–Trinajstić information content (AvgIpc) is 1.58. The Balaban J connectivity index is 0.000000117. The summed E-state index contributed by atoms with van der Waals surface area (Å²) in [4.78, 5) is 19.9. The molecule has 24 rings (SSSR count). The highest BCUT2D eigenvalue weighted by molar-refractivity contribution is 6.66. The first-order valence-electron chi connectivity index (χ1n) is 45.5. The summed E-state index contributed by atoms with van der Waals surface area (Å²) in [7, 11) is -1.24. The molecule has 3 aliphatic rings. The number of hydrogen-bond donors (Lipinski definition) is 0. The average molecular weight is 1700 g/mol. The van der Waals surface area contributed by atoms with Crippen molar-refractivity contribution in [3.05, 3.63) is 370 Å². The topological polar surface area (TPSA) is 107 Å². The summed E-state index contributed by atoms with van der Waals surface area (Å²) in [6.45, 7) is 25.2. The van der Waals surface area contributed by atoms with Crippen molar-refractivity contribution in [2.24, 2.45) is 0 Å². The van der Waals surface area contributed by atoms with E-state index in [9.17, 15) is 0 Å². The third kappa shape index (κ3) is 14.5. The van der Waals surface area contributed by atoms with Crippen LogP contribution in [0.1, 0.15) is 83.1 Å². The van der Waals surface area contributed by atoms with Crippen LogP contribution in [0.25, 0.3) is 197 Å². The third-order valence-corrected chi connectivity index (χ3v) is 28.7. The molecule has 3 fully saturated rings. The van der Waals surface area contributed by atoms with Crippen LogP contribution in [0.2, 0.25) is 0 Å². The van der Waals surface area contributed by atoms with Crippen LogP contribution in [0, 0.1) is 0 Å². The van der Waals surface area contributed by atoms with Gasteiger partial charge in [0.25, 0.3) is 0 Å². The van der Waals surface area contributed by atoms with Gasteiger partial charge in [-0.25, -0.2) is 15.0 Å². The first-order valence-corrected chi connectivity index (χ1v) is 45.5. The Bertz CT molecular complexity index is 8040. The molecule has 5 heterocycles. The predicted molar refractivity (Wildman–Crippen MR) is 548 cm³/mol. The summed E-state index contributed by atoms with van der Waals surface area (Å²) < 4.78 is 38.7. The zero-order valence-corrected chi connectivity index (χ0v) is 75.7. The van der Waals surface area contributed by atoms with E-state index in [1.807, 2.05) is 72.9 Å². The van der Waals surface area contributed by atoms with Crippen molar-refractivity contribution >= 4 is 156 Å². The van der Waals surface area contributed by atoms with Gasteiger partial charge in [-0.2, -0.15) is 0 Å². The number of nitrogens with zero attached hydrogens (tertiary/aromatic N) is 4. The highest BCUT2D eigenvalue weighted by Gasteiger charge is 2.54. The van der Waals surface area contributed by atoms with Crippen LogP contribution in [0.4, 0.5) is 0 Å². The van der Waals surface area contributed by atoms with Crippen molar-refractivity contribution in [2.75, 3.05) is 0 Å². The van der Waals surface area contributed by atoms with E-state index in [1.54, 1.807) is 0 Å². The van der Waals surface area contributed by atoms with Crippen molar-refractivity contribution < 1.29 is 27.9 Å². The number of fused-ring (bicyclic) bond motifs is 17. The maximum absolute atomic E-state index is 6.56. The van der Waals surface area contributed by atoms with Crippen LogP contribution in [0.5, 0.6) is 0 Å².